The van der Waals surface area contributed by atoms with E-state index in [0.717, 1.165) is 12.8 Å². The molecule has 186 valence electrons. The van der Waals surface area contributed by atoms with Crippen molar-refractivity contribution in [3.8, 4) is 22.6 Å². The van der Waals surface area contributed by atoms with Crippen LogP contribution in [0, 0.1) is 0 Å². The molecular weight excluding hydrogens is 454 g/mol. The van der Waals surface area contributed by atoms with E-state index in [1.807, 2.05) is 47.4 Å². The fourth-order valence-corrected chi connectivity index (χ4v) is 6.59. The Bertz CT molecular complexity index is 1240. The fourth-order valence-electron chi connectivity index (χ4n) is 6.59. The SMILES string of the molecule is COc1ccc(OC)c(C2(O)CC3CCC(C2)N3C(=O)OCC2c3ccccc3-c3ccccc32)c1. The minimum Gasteiger partial charge on any atom is -0.497 e. The standard InChI is InChI=1S/C30H31NO5/c1-34-21-13-14-28(35-2)27(15-21)30(33)16-19-11-12-20(17-30)31(19)29(32)36-18-26-24-9-5-3-7-22(24)23-8-4-6-10-25(23)26/h3-10,13-15,19-20,26,33H,11-12,16-18H2,1-2H3. The molecule has 0 radical (unpaired) electrons. The fraction of sp³-hybridized carbons (Fsp3) is 0.367. The van der Waals surface area contributed by atoms with Gasteiger partial charge in [-0.05, 0) is 53.3 Å². The third kappa shape index (κ3) is 3.63. The van der Waals surface area contributed by atoms with Gasteiger partial charge in [0, 0.05) is 36.4 Å². The normalized spacial score (nSPS) is 24.2. The Morgan fingerprint density at radius 1 is 0.917 bits per heavy atom. The molecule has 2 heterocycles. The number of amides is 1. The molecule has 3 aliphatic rings. The molecule has 3 aromatic carbocycles. The molecule has 36 heavy (non-hydrogen) atoms. The van der Waals surface area contributed by atoms with Crippen LogP contribution in [0.3, 0.4) is 0 Å². The second-order valence-electron chi connectivity index (χ2n) is 10.1. The quantitative estimate of drug-likeness (QED) is 0.519. The van der Waals surface area contributed by atoms with Crippen LogP contribution in [0.4, 0.5) is 4.79 Å². The molecule has 1 aliphatic carbocycles. The van der Waals surface area contributed by atoms with Crippen LogP contribution < -0.4 is 9.47 Å². The van der Waals surface area contributed by atoms with E-state index in [-0.39, 0.29) is 24.1 Å². The summed E-state index contributed by atoms with van der Waals surface area (Å²) in [5.74, 6) is 1.33. The smallest absolute Gasteiger partial charge is 0.410 e. The van der Waals surface area contributed by atoms with Crippen molar-refractivity contribution in [2.45, 2.75) is 49.3 Å². The number of hydrogen-bond donors (Lipinski definition) is 1. The third-order valence-corrected chi connectivity index (χ3v) is 8.22. The summed E-state index contributed by atoms with van der Waals surface area (Å²) in [6, 6.07) is 22.0. The van der Waals surface area contributed by atoms with Crippen molar-refractivity contribution in [2.24, 2.45) is 0 Å². The lowest BCUT2D eigenvalue weighted by Gasteiger charge is -2.43. The number of carbonyl (C=O) groups excluding carboxylic acids is 1. The number of methoxy groups -OCH3 is 2. The molecule has 2 saturated heterocycles. The maximum absolute atomic E-state index is 13.4. The highest BCUT2D eigenvalue weighted by atomic mass is 16.6. The Labute approximate surface area is 211 Å². The van der Waals surface area contributed by atoms with Gasteiger partial charge in [0.15, 0.2) is 0 Å². The molecule has 6 rings (SSSR count). The van der Waals surface area contributed by atoms with E-state index in [9.17, 15) is 9.90 Å². The molecule has 2 atom stereocenters. The Morgan fingerprint density at radius 2 is 1.53 bits per heavy atom. The monoisotopic (exact) mass is 485 g/mol. The van der Waals surface area contributed by atoms with Crippen LogP contribution >= 0.6 is 0 Å². The summed E-state index contributed by atoms with van der Waals surface area (Å²) in [5, 5.41) is 11.8. The van der Waals surface area contributed by atoms with Crippen LogP contribution in [-0.4, -0.2) is 49.0 Å². The number of hydrogen-bond acceptors (Lipinski definition) is 5. The van der Waals surface area contributed by atoms with Crippen LogP contribution in [0.2, 0.25) is 0 Å². The van der Waals surface area contributed by atoms with Gasteiger partial charge in [-0.15, -0.1) is 0 Å². The molecule has 2 aliphatic heterocycles. The summed E-state index contributed by atoms with van der Waals surface area (Å²) >= 11 is 0. The maximum atomic E-state index is 13.4. The summed E-state index contributed by atoms with van der Waals surface area (Å²) in [6.07, 6.45) is 2.30. The molecule has 6 heteroatoms. The lowest BCUT2D eigenvalue weighted by atomic mass is 9.80. The van der Waals surface area contributed by atoms with E-state index in [1.165, 1.54) is 22.3 Å². The molecule has 6 nitrogen and oxygen atoms in total. The lowest BCUT2D eigenvalue weighted by molar-refractivity contribution is -0.0543. The van der Waals surface area contributed by atoms with Gasteiger partial charge in [-0.1, -0.05) is 48.5 Å². The zero-order valence-electron chi connectivity index (χ0n) is 20.6. The number of benzene rings is 3. The average Bonchev–Trinajstić information content (AvgIpc) is 3.38. The molecule has 0 saturated carbocycles. The van der Waals surface area contributed by atoms with E-state index in [0.29, 0.717) is 36.5 Å². The van der Waals surface area contributed by atoms with Crippen molar-refractivity contribution < 1.29 is 24.1 Å². The lowest BCUT2D eigenvalue weighted by Crippen LogP contribution is -2.52. The number of nitrogens with zero attached hydrogens (tertiary/aromatic N) is 1. The van der Waals surface area contributed by atoms with Crippen molar-refractivity contribution in [3.05, 3.63) is 83.4 Å². The Kier molecular flexibility index (Phi) is 5.64. The molecule has 2 unspecified atom stereocenters. The predicted octanol–water partition coefficient (Wildman–Crippen LogP) is 5.47. The largest absolute Gasteiger partial charge is 0.497 e. The van der Waals surface area contributed by atoms with Crippen LogP contribution in [0.25, 0.3) is 11.1 Å². The Balaban J connectivity index is 1.20. The number of aliphatic hydroxyl groups is 1. The van der Waals surface area contributed by atoms with Crippen LogP contribution in [0.15, 0.2) is 66.7 Å². The van der Waals surface area contributed by atoms with Crippen molar-refractivity contribution >= 4 is 6.09 Å². The van der Waals surface area contributed by atoms with E-state index in [4.69, 9.17) is 14.2 Å². The molecule has 1 amide bonds. The van der Waals surface area contributed by atoms with E-state index in [1.54, 1.807) is 14.2 Å². The third-order valence-electron chi connectivity index (χ3n) is 8.22. The second-order valence-corrected chi connectivity index (χ2v) is 10.1. The highest BCUT2D eigenvalue weighted by Gasteiger charge is 2.51. The number of carbonyl (C=O) groups is 1. The zero-order valence-corrected chi connectivity index (χ0v) is 20.6. The van der Waals surface area contributed by atoms with E-state index < -0.39 is 5.60 Å². The number of fused-ring (bicyclic) bond motifs is 5. The second kappa shape index (κ2) is 8.86. The summed E-state index contributed by atoms with van der Waals surface area (Å²) in [7, 11) is 3.22. The Hall–Kier alpha value is -3.51. The van der Waals surface area contributed by atoms with Crippen LogP contribution in [0.1, 0.15) is 48.3 Å². The molecule has 0 spiro atoms. The summed E-state index contributed by atoms with van der Waals surface area (Å²) in [4.78, 5) is 15.3. The Morgan fingerprint density at radius 3 is 2.11 bits per heavy atom. The average molecular weight is 486 g/mol. The first-order valence-electron chi connectivity index (χ1n) is 12.6. The van der Waals surface area contributed by atoms with Crippen molar-refractivity contribution in [1.82, 2.24) is 4.90 Å². The van der Waals surface area contributed by atoms with Gasteiger partial charge in [0.25, 0.3) is 0 Å². The van der Waals surface area contributed by atoms with E-state index in [2.05, 4.69) is 24.3 Å². The highest BCUT2D eigenvalue weighted by molar-refractivity contribution is 5.79. The van der Waals surface area contributed by atoms with Gasteiger partial charge >= 0.3 is 6.09 Å². The molecule has 1 N–H and O–H groups in total. The summed E-state index contributed by atoms with van der Waals surface area (Å²) in [6.45, 7) is 0.302. The summed E-state index contributed by atoms with van der Waals surface area (Å²) in [5.41, 5.74) is 4.45. The maximum Gasteiger partial charge on any atom is 0.410 e. The first-order chi connectivity index (χ1) is 17.5. The van der Waals surface area contributed by atoms with Gasteiger partial charge in [0.1, 0.15) is 18.1 Å². The van der Waals surface area contributed by atoms with Gasteiger partial charge in [-0.2, -0.15) is 0 Å². The highest BCUT2D eigenvalue weighted by Crippen LogP contribution is 2.49. The number of rotatable bonds is 5. The minimum atomic E-state index is -1.09. The van der Waals surface area contributed by atoms with Crippen molar-refractivity contribution in [3.63, 3.8) is 0 Å². The van der Waals surface area contributed by atoms with Gasteiger partial charge in [0.05, 0.1) is 19.8 Å². The van der Waals surface area contributed by atoms with Gasteiger partial charge in [-0.25, -0.2) is 4.79 Å². The first kappa shape index (κ1) is 22.9. The van der Waals surface area contributed by atoms with Gasteiger partial charge in [-0.3, -0.25) is 0 Å². The van der Waals surface area contributed by atoms with Gasteiger partial charge in [0.2, 0.25) is 0 Å². The van der Waals surface area contributed by atoms with Crippen molar-refractivity contribution in [1.29, 1.82) is 0 Å². The molecular formula is C30H31NO5. The number of ether oxygens (including phenoxy) is 3. The molecule has 2 bridgehead atoms. The van der Waals surface area contributed by atoms with Crippen LogP contribution in [0.5, 0.6) is 11.5 Å². The van der Waals surface area contributed by atoms with Crippen molar-refractivity contribution in [2.75, 3.05) is 20.8 Å². The molecule has 2 fully saturated rings. The van der Waals surface area contributed by atoms with E-state index >= 15 is 0 Å². The first-order valence-corrected chi connectivity index (χ1v) is 12.6. The number of piperidine rings is 1. The van der Waals surface area contributed by atoms with Gasteiger partial charge < -0.3 is 24.2 Å². The molecule has 0 aromatic heterocycles. The topological polar surface area (TPSA) is 68.2 Å². The summed E-state index contributed by atoms with van der Waals surface area (Å²) < 4.78 is 16.9. The molecule has 3 aromatic rings. The zero-order chi connectivity index (χ0) is 24.9. The predicted molar refractivity (Wildman–Crippen MR) is 136 cm³/mol. The minimum absolute atomic E-state index is 0.0294. The van der Waals surface area contributed by atoms with Crippen LogP contribution in [-0.2, 0) is 10.3 Å².